The van der Waals surface area contributed by atoms with Gasteiger partial charge in [0.1, 0.15) is 11.6 Å². The zero-order valence-electron chi connectivity index (χ0n) is 10.8. The molecule has 0 spiro atoms. The molecular weight excluding hydrogens is 325 g/mol. The van der Waals surface area contributed by atoms with Crippen molar-refractivity contribution in [3.05, 3.63) is 58.3 Å². The number of amides is 1. The number of rotatable bonds is 4. The van der Waals surface area contributed by atoms with Gasteiger partial charge in [-0.15, -0.1) is 0 Å². The Morgan fingerprint density at radius 3 is 2.55 bits per heavy atom. The van der Waals surface area contributed by atoms with Crippen molar-refractivity contribution < 1.29 is 13.9 Å². The van der Waals surface area contributed by atoms with Crippen LogP contribution in [0.5, 0.6) is 5.75 Å². The van der Waals surface area contributed by atoms with Crippen LogP contribution in [0, 0.1) is 5.82 Å². The Morgan fingerprint density at radius 2 is 1.95 bits per heavy atom. The summed E-state index contributed by atoms with van der Waals surface area (Å²) in [5, 5.41) is 2.66. The highest BCUT2D eigenvalue weighted by Gasteiger charge is 2.06. The lowest BCUT2D eigenvalue weighted by Gasteiger charge is -2.07. The second kappa shape index (κ2) is 6.52. The molecule has 0 saturated heterocycles. The Hall–Kier alpha value is -1.88. The molecule has 0 heterocycles. The van der Waals surface area contributed by atoms with Gasteiger partial charge in [-0.1, -0.05) is 12.1 Å². The fraction of sp³-hybridized carbons (Fsp3) is 0.133. The predicted octanol–water partition coefficient (Wildman–Crippen LogP) is 3.78. The summed E-state index contributed by atoms with van der Waals surface area (Å²) < 4.78 is 18.7. The molecule has 0 aliphatic heterocycles. The molecule has 2 aromatic rings. The molecule has 2 aromatic carbocycles. The molecule has 2 rings (SSSR count). The van der Waals surface area contributed by atoms with Crippen LogP contribution < -0.4 is 10.1 Å². The van der Waals surface area contributed by atoms with E-state index in [1.54, 1.807) is 31.4 Å². The molecule has 1 amide bonds. The van der Waals surface area contributed by atoms with Gasteiger partial charge in [-0.05, 0) is 51.8 Å². The molecule has 1 N–H and O–H groups in total. The number of carbonyl (C=O) groups is 1. The van der Waals surface area contributed by atoms with E-state index in [-0.39, 0.29) is 12.3 Å². The van der Waals surface area contributed by atoms with Crippen molar-refractivity contribution in [2.24, 2.45) is 0 Å². The summed E-state index contributed by atoms with van der Waals surface area (Å²) in [4.78, 5) is 11.9. The molecular formula is C15H13BrFNO2. The van der Waals surface area contributed by atoms with E-state index in [0.717, 1.165) is 11.3 Å². The first kappa shape index (κ1) is 14.5. The van der Waals surface area contributed by atoms with Gasteiger partial charge in [-0.25, -0.2) is 4.39 Å². The number of methoxy groups -OCH3 is 1. The number of anilines is 1. The van der Waals surface area contributed by atoms with Crippen LogP contribution in [-0.4, -0.2) is 13.0 Å². The van der Waals surface area contributed by atoms with Crippen LogP contribution in [0.1, 0.15) is 5.56 Å². The summed E-state index contributed by atoms with van der Waals surface area (Å²) in [7, 11) is 1.59. The minimum absolute atomic E-state index is 0.197. The summed E-state index contributed by atoms with van der Waals surface area (Å²) >= 11 is 3.06. The van der Waals surface area contributed by atoms with Crippen molar-refractivity contribution in [1.29, 1.82) is 0 Å². The first-order chi connectivity index (χ1) is 9.58. The number of carbonyl (C=O) groups excluding carboxylic acids is 1. The minimum Gasteiger partial charge on any atom is -0.497 e. The number of hydrogen-bond donors (Lipinski definition) is 1. The SMILES string of the molecule is COc1ccc(CC(=O)Nc2ccc(Br)c(F)c2)cc1. The molecule has 0 atom stereocenters. The average Bonchev–Trinajstić information content (AvgIpc) is 2.44. The molecule has 0 saturated carbocycles. The maximum absolute atomic E-state index is 13.3. The monoisotopic (exact) mass is 337 g/mol. The minimum atomic E-state index is -0.410. The third-order valence-electron chi connectivity index (χ3n) is 2.73. The fourth-order valence-electron chi connectivity index (χ4n) is 1.71. The smallest absolute Gasteiger partial charge is 0.228 e. The first-order valence-corrected chi connectivity index (χ1v) is 6.75. The van der Waals surface area contributed by atoms with Gasteiger partial charge in [-0.3, -0.25) is 4.79 Å². The summed E-state index contributed by atoms with van der Waals surface area (Å²) in [6.45, 7) is 0. The van der Waals surface area contributed by atoms with Gasteiger partial charge < -0.3 is 10.1 Å². The number of nitrogens with one attached hydrogen (secondary N) is 1. The molecule has 0 fully saturated rings. The van der Waals surface area contributed by atoms with Gasteiger partial charge in [0.25, 0.3) is 0 Å². The first-order valence-electron chi connectivity index (χ1n) is 5.96. The summed E-state index contributed by atoms with van der Waals surface area (Å²) in [5.74, 6) is 0.133. The van der Waals surface area contributed by atoms with E-state index in [9.17, 15) is 9.18 Å². The Labute approximate surface area is 124 Å². The zero-order chi connectivity index (χ0) is 14.5. The Morgan fingerprint density at radius 1 is 1.25 bits per heavy atom. The van der Waals surface area contributed by atoms with E-state index in [2.05, 4.69) is 21.2 Å². The van der Waals surface area contributed by atoms with E-state index < -0.39 is 5.82 Å². The van der Waals surface area contributed by atoms with Crippen LogP contribution in [0.3, 0.4) is 0 Å². The average molecular weight is 338 g/mol. The summed E-state index contributed by atoms with van der Waals surface area (Å²) in [6, 6.07) is 11.7. The highest BCUT2D eigenvalue weighted by Crippen LogP contribution is 2.19. The van der Waals surface area contributed by atoms with Gasteiger partial charge in [0, 0.05) is 5.69 Å². The Bertz CT molecular complexity index is 614. The van der Waals surface area contributed by atoms with Crippen molar-refractivity contribution in [3.63, 3.8) is 0 Å². The molecule has 5 heteroatoms. The lowest BCUT2D eigenvalue weighted by Crippen LogP contribution is -2.14. The maximum atomic E-state index is 13.3. The lowest BCUT2D eigenvalue weighted by atomic mass is 10.1. The molecule has 0 aliphatic carbocycles. The maximum Gasteiger partial charge on any atom is 0.228 e. The van der Waals surface area contributed by atoms with Crippen LogP contribution in [0.25, 0.3) is 0 Å². The largest absolute Gasteiger partial charge is 0.497 e. The third kappa shape index (κ3) is 3.81. The summed E-state index contributed by atoms with van der Waals surface area (Å²) in [6.07, 6.45) is 0.224. The molecule has 104 valence electrons. The molecule has 20 heavy (non-hydrogen) atoms. The van der Waals surface area contributed by atoms with E-state index in [1.807, 2.05) is 12.1 Å². The number of ether oxygens (including phenoxy) is 1. The van der Waals surface area contributed by atoms with Crippen LogP contribution in [-0.2, 0) is 11.2 Å². The number of halogens is 2. The Kier molecular flexibility index (Phi) is 4.74. The molecule has 3 nitrogen and oxygen atoms in total. The fourth-order valence-corrected chi connectivity index (χ4v) is 1.95. The number of hydrogen-bond acceptors (Lipinski definition) is 2. The van der Waals surface area contributed by atoms with Crippen molar-refractivity contribution >= 4 is 27.5 Å². The molecule has 0 aromatic heterocycles. The Balaban J connectivity index is 1.99. The molecule has 0 aliphatic rings. The number of benzene rings is 2. The highest BCUT2D eigenvalue weighted by molar-refractivity contribution is 9.10. The van der Waals surface area contributed by atoms with Gasteiger partial charge in [0.2, 0.25) is 5.91 Å². The highest BCUT2D eigenvalue weighted by atomic mass is 79.9. The van der Waals surface area contributed by atoms with Crippen molar-refractivity contribution in [2.45, 2.75) is 6.42 Å². The van der Waals surface area contributed by atoms with Gasteiger partial charge in [-0.2, -0.15) is 0 Å². The van der Waals surface area contributed by atoms with E-state index in [0.29, 0.717) is 10.2 Å². The molecule has 0 radical (unpaired) electrons. The molecule has 0 bridgehead atoms. The van der Waals surface area contributed by atoms with Gasteiger partial charge in [0.05, 0.1) is 18.0 Å². The molecule has 0 unspecified atom stereocenters. The van der Waals surface area contributed by atoms with E-state index in [1.165, 1.54) is 6.07 Å². The van der Waals surface area contributed by atoms with Crippen molar-refractivity contribution in [2.75, 3.05) is 12.4 Å². The van der Waals surface area contributed by atoms with Crippen molar-refractivity contribution in [1.82, 2.24) is 0 Å². The van der Waals surface area contributed by atoms with Crippen LogP contribution >= 0.6 is 15.9 Å². The van der Waals surface area contributed by atoms with Crippen molar-refractivity contribution in [3.8, 4) is 5.75 Å². The lowest BCUT2D eigenvalue weighted by molar-refractivity contribution is -0.115. The summed E-state index contributed by atoms with van der Waals surface area (Å²) in [5.41, 5.74) is 1.30. The van der Waals surface area contributed by atoms with Crippen LogP contribution in [0.2, 0.25) is 0 Å². The normalized spacial score (nSPS) is 10.2. The van der Waals surface area contributed by atoms with Gasteiger partial charge in [0.15, 0.2) is 0 Å². The topological polar surface area (TPSA) is 38.3 Å². The third-order valence-corrected chi connectivity index (χ3v) is 3.37. The van der Waals surface area contributed by atoms with E-state index >= 15 is 0 Å². The van der Waals surface area contributed by atoms with E-state index in [4.69, 9.17) is 4.74 Å². The van der Waals surface area contributed by atoms with Crippen LogP contribution in [0.15, 0.2) is 46.9 Å². The predicted molar refractivity (Wildman–Crippen MR) is 79.4 cm³/mol. The second-order valence-corrected chi connectivity index (χ2v) is 5.06. The standard InChI is InChI=1S/C15H13BrFNO2/c1-20-12-5-2-10(3-6-12)8-15(19)18-11-4-7-13(16)14(17)9-11/h2-7,9H,8H2,1H3,(H,18,19). The quantitative estimate of drug-likeness (QED) is 0.921. The van der Waals surface area contributed by atoms with Gasteiger partial charge >= 0.3 is 0 Å². The zero-order valence-corrected chi connectivity index (χ0v) is 12.4. The van der Waals surface area contributed by atoms with Crippen LogP contribution in [0.4, 0.5) is 10.1 Å². The second-order valence-electron chi connectivity index (χ2n) is 4.20.